The van der Waals surface area contributed by atoms with Crippen molar-refractivity contribution in [3.8, 4) is 5.75 Å². The summed E-state index contributed by atoms with van der Waals surface area (Å²) in [6, 6.07) is 0. The summed E-state index contributed by atoms with van der Waals surface area (Å²) in [7, 11) is 1.84. The summed E-state index contributed by atoms with van der Waals surface area (Å²) in [5.74, 6) is 0.450. The predicted octanol–water partition coefficient (Wildman–Crippen LogP) is 1.62. The number of rotatable bonds is 5. The van der Waals surface area contributed by atoms with Crippen molar-refractivity contribution in [3.05, 3.63) is 11.4 Å². The first kappa shape index (κ1) is 16.8. The van der Waals surface area contributed by atoms with Crippen molar-refractivity contribution >= 4 is 5.91 Å². The summed E-state index contributed by atoms with van der Waals surface area (Å²) in [6.07, 6.45) is 5.90. The Morgan fingerprint density at radius 1 is 1.32 bits per heavy atom. The van der Waals surface area contributed by atoms with Gasteiger partial charge in [-0.15, -0.1) is 0 Å². The Balaban J connectivity index is 1.80. The molecule has 0 atom stereocenters. The van der Waals surface area contributed by atoms with E-state index < -0.39 is 5.60 Å². The van der Waals surface area contributed by atoms with Crippen LogP contribution >= 0.6 is 0 Å². The van der Waals surface area contributed by atoms with E-state index in [9.17, 15) is 9.90 Å². The third kappa shape index (κ3) is 4.22. The van der Waals surface area contributed by atoms with Crippen LogP contribution in [0.3, 0.4) is 0 Å². The fraction of sp³-hybridized carbons (Fsp3) is 0.750. The largest absolute Gasteiger partial charge is 0.480 e. The normalized spacial score (nSPS) is 17.8. The molecule has 0 radical (unpaired) electrons. The summed E-state index contributed by atoms with van der Waals surface area (Å²) >= 11 is 0. The van der Waals surface area contributed by atoms with Crippen molar-refractivity contribution < 1.29 is 14.6 Å². The van der Waals surface area contributed by atoms with E-state index >= 15 is 0 Å². The topological polar surface area (TPSA) is 76.4 Å². The van der Waals surface area contributed by atoms with Gasteiger partial charge < -0.3 is 15.2 Å². The molecule has 1 aliphatic carbocycles. The number of nitrogens with one attached hydrogen (secondary N) is 1. The molecule has 0 spiro atoms. The van der Waals surface area contributed by atoms with Gasteiger partial charge in [-0.3, -0.25) is 9.48 Å². The molecule has 22 heavy (non-hydrogen) atoms. The minimum atomic E-state index is -0.758. The van der Waals surface area contributed by atoms with Gasteiger partial charge in [0.15, 0.2) is 12.4 Å². The molecule has 1 fully saturated rings. The minimum Gasteiger partial charge on any atom is -0.480 e. The smallest absolute Gasteiger partial charge is 0.258 e. The number of aliphatic hydroxyl groups is 1. The van der Waals surface area contributed by atoms with E-state index in [2.05, 4.69) is 10.4 Å². The zero-order chi connectivity index (χ0) is 16.2. The summed E-state index contributed by atoms with van der Waals surface area (Å²) < 4.78 is 7.30. The second kappa shape index (κ2) is 7.13. The molecule has 0 aromatic carbocycles. The van der Waals surface area contributed by atoms with Crippen LogP contribution in [0, 0.1) is 13.8 Å². The van der Waals surface area contributed by atoms with Gasteiger partial charge >= 0.3 is 0 Å². The number of hydrogen-bond donors (Lipinski definition) is 2. The number of ether oxygens (including phenoxy) is 1. The molecule has 0 saturated heterocycles. The molecule has 1 aromatic rings. The van der Waals surface area contributed by atoms with E-state index in [1.54, 1.807) is 4.68 Å². The lowest BCUT2D eigenvalue weighted by Gasteiger charge is -2.26. The lowest BCUT2D eigenvalue weighted by Crippen LogP contribution is -2.44. The van der Waals surface area contributed by atoms with E-state index in [0.717, 1.165) is 37.1 Å². The standard InChI is InChI=1S/C16H27N3O3/c1-12-15(13(2)19(3)18-12)22-10-14(20)17-11-16(21)8-6-4-5-7-9-16/h21H,4-11H2,1-3H3,(H,17,20). The SMILES string of the molecule is Cc1nn(C)c(C)c1OCC(=O)NCC1(O)CCCCCC1. The molecule has 2 N–H and O–H groups in total. The Bertz CT molecular complexity index is 517. The van der Waals surface area contributed by atoms with Crippen molar-refractivity contribution in [1.29, 1.82) is 0 Å². The maximum atomic E-state index is 11.9. The van der Waals surface area contributed by atoms with Gasteiger partial charge in [-0.2, -0.15) is 5.10 Å². The Morgan fingerprint density at radius 2 is 1.95 bits per heavy atom. The van der Waals surface area contributed by atoms with Crippen LogP contribution in [0.25, 0.3) is 0 Å². The number of amides is 1. The van der Waals surface area contributed by atoms with E-state index in [1.165, 1.54) is 12.8 Å². The van der Waals surface area contributed by atoms with Crippen molar-refractivity contribution in [1.82, 2.24) is 15.1 Å². The predicted molar refractivity (Wildman–Crippen MR) is 83.8 cm³/mol. The third-order valence-corrected chi connectivity index (χ3v) is 4.44. The number of carbonyl (C=O) groups excluding carboxylic acids is 1. The molecule has 1 amide bonds. The highest BCUT2D eigenvalue weighted by atomic mass is 16.5. The van der Waals surface area contributed by atoms with E-state index in [0.29, 0.717) is 12.3 Å². The quantitative estimate of drug-likeness (QED) is 0.810. The number of nitrogens with zero attached hydrogens (tertiary/aromatic N) is 2. The van der Waals surface area contributed by atoms with Gasteiger partial charge in [-0.25, -0.2) is 0 Å². The highest BCUT2D eigenvalue weighted by molar-refractivity contribution is 5.77. The summed E-state index contributed by atoms with van der Waals surface area (Å²) in [5, 5.41) is 17.6. The van der Waals surface area contributed by atoms with Gasteiger partial charge in [-0.1, -0.05) is 25.7 Å². The molecule has 0 aliphatic heterocycles. The summed E-state index contributed by atoms with van der Waals surface area (Å²) in [4.78, 5) is 11.9. The van der Waals surface area contributed by atoms with Crippen molar-refractivity contribution in [2.45, 2.75) is 58.0 Å². The lowest BCUT2D eigenvalue weighted by molar-refractivity contribution is -0.124. The number of aryl methyl sites for hydroxylation is 2. The lowest BCUT2D eigenvalue weighted by atomic mass is 9.94. The molecule has 0 unspecified atom stereocenters. The molecule has 124 valence electrons. The zero-order valence-corrected chi connectivity index (χ0v) is 13.8. The highest BCUT2D eigenvalue weighted by Gasteiger charge is 2.28. The Labute approximate surface area is 131 Å². The fourth-order valence-electron chi connectivity index (χ4n) is 2.98. The molecule has 6 nitrogen and oxygen atoms in total. The van der Waals surface area contributed by atoms with Gasteiger partial charge in [0.25, 0.3) is 5.91 Å². The summed E-state index contributed by atoms with van der Waals surface area (Å²) in [5.41, 5.74) is 0.912. The van der Waals surface area contributed by atoms with E-state index in [-0.39, 0.29) is 12.5 Å². The fourth-order valence-corrected chi connectivity index (χ4v) is 2.98. The van der Waals surface area contributed by atoms with Crippen LogP contribution in [0.2, 0.25) is 0 Å². The highest BCUT2D eigenvalue weighted by Crippen LogP contribution is 2.26. The zero-order valence-electron chi connectivity index (χ0n) is 13.8. The van der Waals surface area contributed by atoms with Crippen LogP contribution in [0.1, 0.15) is 49.9 Å². The summed E-state index contributed by atoms with van der Waals surface area (Å²) in [6.45, 7) is 4.01. The maximum Gasteiger partial charge on any atom is 0.258 e. The average Bonchev–Trinajstić information content (AvgIpc) is 2.65. The van der Waals surface area contributed by atoms with Gasteiger partial charge in [-0.05, 0) is 26.7 Å². The molecule has 1 saturated carbocycles. The van der Waals surface area contributed by atoms with Crippen LogP contribution in [0.15, 0.2) is 0 Å². The van der Waals surface area contributed by atoms with Gasteiger partial charge in [0, 0.05) is 13.6 Å². The molecule has 1 aliphatic rings. The second-order valence-corrected chi connectivity index (χ2v) is 6.33. The first-order valence-electron chi connectivity index (χ1n) is 8.03. The molecule has 1 heterocycles. The Kier molecular flexibility index (Phi) is 5.45. The Morgan fingerprint density at radius 3 is 2.50 bits per heavy atom. The van der Waals surface area contributed by atoms with Gasteiger partial charge in [0.1, 0.15) is 5.69 Å². The monoisotopic (exact) mass is 309 g/mol. The van der Waals surface area contributed by atoms with E-state index in [1.807, 2.05) is 20.9 Å². The van der Waals surface area contributed by atoms with Gasteiger partial charge in [0.2, 0.25) is 0 Å². The molecule has 0 bridgehead atoms. The maximum absolute atomic E-state index is 11.9. The minimum absolute atomic E-state index is 0.0521. The number of aromatic nitrogens is 2. The second-order valence-electron chi connectivity index (χ2n) is 6.33. The number of hydrogen-bond acceptors (Lipinski definition) is 4. The number of carbonyl (C=O) groups is 1. The van der Waals surface area contributed by atoms with Crippen LogP contribution < -0.4 is 10.1 Å². The van der Waals surface area contributed by atoms with Crippen LogP contribution in [-0.4, -0.2) is 39.5 Å². The molecule has 1 aromatic heterocycles. The van der Waals surface area contributed by atoms with Crippen molar-refractivity contribution in [2.75, 3.05) is 13.2 Å². The molecule has 6 heteroatoms. The van der Waals surface area contributed by atoms with Crippen molar-refractivity contribution in [3.63, 3.8) is 0 Å². The third-order valence-electron chi connectivity index (χ3n) is 4.44. The van der Waals surface area contributed by atoms with Gasteiger partial charge in [0.05, 0.1) is 11.3 Å². The van der Waals surface area contributed by atoms with Crippen molar-refractivity contribution in [2.24, 2.45) is 7.05 Å². The van der Waals surface area contributed by atoms with Crippen LogP contribution in [-0.2, 0) is 11.8 Å². The first-order valence-corrected chi connectivity index (χ1v) is 8.03. The van der Waals surface area contributed by atoms with E-state index in [4.69, 9.17) is 4.74 Å². The molecular weight excluding hydrogens is 282 g/mol. The van der Waals surface area contributed by atoms with Crippen LogP contribution in [0.5, 0.6) is 5.75 Å². The molecule has 2 rings (SSSR count). The first-order chi connectivity index (χ1) is 10.4. The van der Waals surface area contributed by atoms with Crippen LogP contribution in [0.4, 0.5) is 0 Å². The Hall–Kier alpha value is -1.56. The molecular formula is C16H27N3O3. The average molecular weight is 309 g/mol.